The molecular weight excluding hydrogens is 382 g/mol. The highest BCUT2D eigenvalue weighted by molar-refractivity contribution is 6.32. The zero-order valence-electron chi connectivity index (χ0n) is 15.0. The number of carbonyl (C=O) groups excluding carboxylic acids is 3. The zero-order valence-corrected chi connectivity index (χ0v) is 15.0. The van der Waals surface area contributed by atoms with E-state index < -0.39 is 34.7 Å². The number of benzene rings is 2. The third-order valence-electron chi connectivity index (χ3n) is 4.54. The molecule has 10 heteroatoms. The molecule has 2 aromatic rings. The van der Waals surface area contributed by atoms with Crippen molar-refractivity contribution in [1.29, 1.82) is 0 Å². The maximum atomic E-state index is 13.0. The number of amides is 2. The van der Waals surface area contributed by atoms with Gasteiger partial charge in [0, 0.05) is 24.6 Å². The molecule has 0 radical (unpaired) electrons. The predicted molar refractivity (Wildman–Crippen MR) is 98.2 cm³/mol. The van der Waals surface area contributed by atoms with E-state index in [0.29, 0.717) is 11.3 Å². The summed E-state index contributed by atoms with van der Waals surface area (Å²) in [5.41, 5.74) is 0.892. The second-order valence-corrected chi connectivity index (χ2v) is 6.38. The Bertz CT molecular complexity index is 1060. The first-order chi connectivity index (χ1) is 13.9. The average Bonchev–Trinajstić information content (AvgIpc) is 3.23. The van der Waals surface area contributed by atoms with Crippen molar-refractivity contribution in [3.8, 4) is 5.75 Å². The van der Waals surface area contributed by atoms with Gasteiger partial charge >= 0.3 is 5.97 Å². The summed E-state index contributed by atoms with van der Waals surface area (Å²) in [5.74, 6) is -2.24. The van der Waals surface area contributed by atoms with Crippen LogP contribution in [0.2, 0.25) is 0 Å². The molecule has 0 aliphatic carbocycles. The van der Waals surface area contributed by atoms with Crippen molar-refractivity contribution < 1.29 is 28.9 Å². The van der Waals surface area contributed by atoms with Gasteiger partial charge in [-0.3, -0.25) is 24.5 Å². The SMILES string of the molecule is CC(=O)Oc1ccc(N2C(=O)[C@@H]3C(c4ccc([N+](=O)[O-])cc4)=NO[C@@H]3C2=O)cc1. The van der Waals surface area contributed by atoms with Crippen LogP contribution < -0.4 is 9.64 Å². The number of nitrogens with zero attached hydrogens (tertiary/aromatic N) is 3. The lowest BCUT2D eigenvalue weighted by Gasteiger charge is -2.15. The van der Waals surface area contributed by atoms with Crippen LogP contribution in [-0.2, 0) is 19.2 Å². The standard InChI is InChI=1S/C19H13N3O7/c1-10(23)28-14-8-6-12(7-9-14)21-18(24)15-16(20-29-17(15)19(21)25)11-2-4-13(5-3-11)22(26)27/h2-9,15,17H,1H3/t15-,17+/m1/s1. The number of carbonyl (C=O) groups is 3. The Balaban J connectivity index is 1.60. The molecule has 2 heterocycles. The molecule has 2 atom stereocenters. The second kappa shape index (κ2) is 6.82. The van der Waals surface area contributed by atoms with Crippen molar-refractivity contribution in [3.05, 3.63) is 64.2 Å². The fraction of sp³-hybridized carbons (Fsp3) is 0.158. The first-order valence-electron chi connectivity index (χ1n) is 8.51. The third-order valence-corrected chi connectivity index (χ3v) is 4.54. The number of nitro benzene ring substituents is 1. The van der Waals surface area contributed by atoms with Gasteiger partial charge in [0.05, 0.1) is 10.6 Å². The third kappa shape index (κ3) is 3.10. The summed E-state index contributed by atoms with van der Waals surface area (Å²) in [5, 5.41) is 14.7. The number of hydrogen-bond donors (Lipinski definition) is 0. The summed E-state index contributed by atoms with van der Waals surface area (Å²) in [7, 11) is 0. The van der Waals surface area contributed by atoms with Crippen LogP contribution in [0.1, 0.15) is 12.5 Å². The van der Waals surface area contributed by atoms with Crippen molar-refractivity contribution in [3.63, 3.8) is 0 Å². The maximum absolute atomic E-state index is 13.0. The molecule has 0 spiro atoms. The lowest BCUT2D eigenvalue weighted by atomic mass is 9.94. The van der Waals surface area contributed by atoms with E-state index in [2.05, 4.69) is 5.16 Å². The number of ether oxygens (including phenoxy) is 1. The number of rotatable bonds is 4. The van der Waals surface area contributed by atoms with Gasteiger partial charge in [-0.15, -0.1) is 0 Å². The van der Waals surface area contributed by atoms with Crippen LogP contribution in [0.3, 0.4) is 0 Å². The smallest absolute Gasteiger partial charge is 0.308 e. The molecule has 0 N–H and O–H groups in total. The van der Waals surface area contributed by atoms with Gasteiger partial charge in [0.2, 0.25) is 12.0 Å². The topological polar surface area (TPSA) is 128 Å². The van der Waals surface area contributed by atoms with Crippen LogP contribution in [0, 0.1) is 16.0 Å². The number of anilines is 1. The van der Waals surface area contributed by atoms with E-state index in [1.807, 2.05) is 0 Å². The van der Waals surface area contributed by atoms with E-state index >= 15 is 0 Å². The molecule has 2 amide bonds. The first-order valence-corrected chi connectivity index (χ1v) is 8.51. The highest BCUT2D eigenvalue weighted by Crippen LogP contribution is 2.35. The Morgan fingerprint density at radius 1 is 1.10 bits per heavy atom. The van der Waals surface area contributed by atoms with Crippen molar-refractivity contribution in [2.24, 2.45) is 11.1 Å². The van der Waals surface area contributed by atoms with Crippen LogP contribution >= 0.6 is 0 Å². The number of esters is 1. The monoisotopic (exact) mass is 395 g/mol. The molecule has 0 unspecified atom stereocenters. The molecule has 4 rings (SSSR count). The fourth-order valence-corrected chi connectivity index (χ4v) is 3.25. The summed E-state index contributed by atoms with van der Waals surface area (Å²) in [6.07, 6.45) is -1.10. The number of hydrogen-bond acceptors (Lipinski definition) is 8. The molecule has 1 saturated heterocycles. The fourth-order valence-electron chi connectivity index (χ4n) is 3.25. The highest BCUT2D eigenvalue weighted by atomic mass is 16.7. The van der Waals surface area contributed by atoms with Crippen molar-refractivity contribution in [2.45, 2.75) is 13.0 Å². The number of nitro groups is 1. The van der Waals surface area contributed by atoms with Gasteiger partial charge in [-0.25, -0.2) is 4.90 Å². The minimum Gasteiger partial charge on any atom is -0.427 e. The average molecular weight is 395 g/mol. The molecule has 0 bridgehead atoms. The number of fused-ring (bicyclic) bond motifs is 1. The summed E-state index contributed by atoms with van der Waals surface area (Å²) in [4.78, 5) is 53.2. The molecule has 0 aromatic heterocycles. The summed E-state index contributed by atoms with van der Waals surface area (Å²) < 4.78 is 4.94. The highest BCUT2D eigenvalue weighted by Gasteiger charge is 2.56. The van der Waals surface area contributed by atoms with Gasteiger partial charge in [0.1, 0.15) is 17.4 Å². The Kier molecular flexibility index (Phi) is 4.30. The Morgan fingerprint density at radius 3 is 2.34 bits per heavy atom. The minimum absolute atomic E-state index is 0.104. The molecule has 2 aliphatic rings. The predicted octanol–water partition coefficient (Wildman–Crippen LogP) is 1.81. The Hall–Kier alpha value is -4.08. The van der Waals surface area contributed by atoms with Gasteiger partial charge in [0.15, 0.2) is 0 Å². The molecule has 0 saturated carbocycles. The quantitative estimate of drug-likeness (QED) is 0.254. The van der Waals surface area contributed by atoms with Crippen LogP contribution in [0.15, 0.2) is 53.7 Å². The molecule has 10 nitrogen and oxygen atoms in total. The first kappa shape index (κ1) is 18.3. The summed E-state index contributed by atoms with van der Waals surface area (Å²) in [6.45, 7) is 1.26. The molecule has 1 fully saturated rings. The van der Waals surface area contributed by atoms with Gasteiger partial charge in [-0.05, 0) is 36.4 Å². The van der Waals surface area contributed by atoms with E-state index in [4.69, 9.17) is 9.57 Å². The van der Waals surface area contributed by atoms with E-state index in [0.717, 1.165) is 4.90 Å². The van der Waals surface area contributed by atoms with Crippen molar-refractivity contribution in [1.82, 2.24) is 0 Å². The van der Waals surface area contributed by atoms with Crippen LogP contribution in [0.4, 0.5) is 11.4 Å². The van der Waals surface area contributed by atoms with Crippen LogP contribution in [0.5, 0.6) is 5.75 Å². The molecule has 29 heavy (non-hydrogen) atoms. The van der Waals surface area contributed by atoms with E-state index in [1.165, 1.54) is 55.5 Å². The second-order valence-electron chi connectivity index (χ2n) is 6.38. The van der Waals surface area contributed by atoms with Gasteiger partial charge in [-0.1, -0.05) is 5.16 Å². The summed E-state index contributed by atoms with van der Waals surface area (Å²) in [6, 6.07) is 11.4. The number of oxime groups is 1. The maximum Gasteiger partial charge on any atom is 0.308 e. The number of non-ortho nitro benzene ring substituents is 1. The van der Waals surface area contributed by atoms with E-state index in [9.17, 15) is 24.5 Å². The number of imide groups is 1. The molecule has 2 aromatic carbocycles. The van der Waals surface area contributed by atoms with E-state index in [-0.39, 0.29) is 17.1 Å². The molecule has 2 aliphatic heterocycles. The van der Waals surface area contributed by atoms with Gasteiger partial charge in [0.25, 0.3) is 11.6 Å². The Morgan fingerprint density at radius 2 is 1.76 bits per heavy atom. The van der Waals surface area contributed by atoms with Crippen LogP contribution in [-0.4, -0.2) is 34.5 Å². The van der Waals surface area contributed by atoms with Crippen molar-refractivity contribution >= 4 is 34.9 Å². The molecule has 146 valence electrons. The lowest BCUT2D eigenvalue weighted by Crippen LogP contribution is -2.33. The Labute approximate surface area is 163 Å². The summed E-state index contributed by atoms with van der Waals surface area (Å²) >= 11 is 0. The minimum atomic E-state index is -1.10. The van der Waals surface area contributed by atoms with Crippen LogP contribution in [0.25, 0.3) is 0 Å². The van der Waals surface area contributed by atoms with Gasteiger partial charge in [-0.2, -0.15) is 0 Å². The largest absolute Gasteiger partial charge is 0.427 e. The van der Waals surface area contributed by atoms with E-state index in [1.54, 1.807) is 0 Å². The van der Waals surface area contributed by atoms with Crippen molar-refractivity contribution in [2.75, 3.05) is 4.90 Å². The normalized spacial score (nSPS) is 20.2. The van der Waals surface area contributed by atoms with Gasteiger partial charge < -0.3 is 9.57 Å². The lowest BCUT2D eigenvalue weighted by molar-refractivity contribution is -0.384. The zero-order chi connectivity index (χ0) is 20.7. The molecular formula is C19H13N3O7.